The van der Waals surface area contributed by atoms with Crippen LogP contribution in [-0.4, -0.2) is 37.6 Å². The fraction of sp³-hybridized carbons (Fsp3) is 0.636. The molecule has 1 saturated heterocycles. The molecule has 0 radical (unpaired) electrons. The smallest absolute Gasteiger partial charge is 0.0300 e. The maximum Gasteiger partial charge on any atom is 0.0300 e. The molecule has 0 aromatic rings. The van der Waals surface area contributed by atoms with Crippen LogP contribution >= 0.6 is 0 Å². The number of hydrogen-bond acceptors (Lipinski definition) is 3. The third kappa shape index (κ3) is 3.42. The van der Waals surface area contributed by atoms with Crippen LogP contribution < -0.4 is 10.6 Å². The van der Waals surface area contributed by atoms with Crippen molar-refractivity contribution in [2.24, 2.45) is 0 Å². The molecule has 0 saturated carbocycles. The molecule has 3 nitrogen and oxygen atoms in total. The predicted molar refractivity (Wildman–Crippen MR) is 61.0 cm³/mol. The summed E-state index contributed by atoms with van der Waals surface area (Å²) >= 11 is 0. The first kappa shape index (κ1) is 11.1. The molecule has 0 aromatic heterocycles. The normalized spacial score (nSPS) is 18.1. The molecule has 1 aliphatic rings. The van der Waals surface area contributed by atoms with Gasteiger partial charge in [0.1, 0.15) is 0 Å². The van der Waals surface area contributed by atoms with Gasteiger partial charge in [-0.25, -0.2) is 0 Å². The van der Waals surface area contributed by atoms with Crippen LogP contribution in [0.3, 0.4) is 0 Å². The Hall–Kier alpha value is -0.960. The lowest BCUT2D eigenvalue weighted by atomic mass is 10.3. The largest absolute Gasteiger partial charge is 0.386 e. The lowest BCUT2D eigenvalue weighted by molar-refractivity contribution is 0.299. The zero-order valence-electron chi connectivity index (χ0n) is 9.27. The highest BCUT2D eigenvalue weighted by molar-refractivity contribution is 5.17. The maximum atomic E-state index is 3.95. The van der Waals surface area contributed by atoms with E-state index in [1.807, 2.05) is 0 Å². The van der Waals surface area contributed by atoms with Gasteiger partial charge in [0, 0.05) is 44.1 Å². The third-order valence-electron chi connectivity index (χ3n) is 2.40. The second-order valence-electron chi connectivity index (χ2n) is 3.58. The molecule has 14 heavy (non-hydrogen) atoms. The average Bonchev–Trinajstić information content (AvgIpc) is 2.19. The van der Waals surface area contributed by atoms with Crippen LogP contribution in [0.15, 0.2) is 24.0 Å². The summed E-state index contributed by atoms with van der Waals surface area (Å²) in [4.78, 5) is 2.39. The van der Waals surface area contributed by atoms with Crippen LogP contribution in [0.4, 0.5) is 0 Å². The highest BCUT2D eigenvalue weighted by Crippen LogP contribution is 2.06. The topological polar surface area (TPSA) is 27.3 Å². The molecule has 0 aromatic carbocycles. The Morgan fingerprint density at radius 1 is 1.50 bits per heavy atom. The van der Waals surface area contributed by atoms with Gasteiger partial charge in [-0.1, -0.05) is 6.58 Å². The van der Waals surface area contributed by atoms with Gasteiger partial charge in [-0.05, 0) is 19.9 Å². The Morgan fingerprint density at radius 3 is 2.71 bits per heavy atom. The average molecular weight is 195 g/mol. The Kier molecular flexibility index (Phi) is 4.53. The standard InChI is InChI=1S/C11H21N3/c1-4-13-10(2)9-11(3)14-7-5-12-6-8-14/h9,12-13H,2,4-8H2,1,3H3/b11-9+. The molecule has 0 unspecified atom stereocenters. The van der Waals surface area contributed by atoms with E-state index in [0.29, 0.717) is 0 Å². The maximum absolute atomic E-state index is 3.95. The highest BCUT2D eigenvalue weighted by atomic mass is 15.2. The quantitative estimate of drug-likeness (QED) is 0.653. The van der Waals surface area contributed by atoms with Crippen molar-refractivity contribution in [3.8, 4) is 0 Å². The molecule has 1 aliphatic heterocycles. The summed E-state index contributed by atoms with van der Waals surface area (Å²) in [7, 11) is 0. The summed E-state index contributed by atoms with van der Waals surface area (Å²) in [6.45, 7) is 13.5. The summed E-state index contributed by atoms with van der Waals surface area (Å²) in [5.41, 5.74) is 2.31. The minimum atomic E-state index is 0.935. The van der Waals surface area contributed by atoms with Gasteiger partial charge in [-0.15, -0.1) is 0 Å². The lowest BCUT2D eigenvalue weighted by Gasteiger charge is -2.30. The van der Waals surface area contributed by atoms with Crippen molar-refractivity contribution in [3.05, 3.63) is 24.0 Å². The van der Waals surface area contributed by atoms with Crippen molar-refractivity contribution in [1.29, 1.82) is 0 Å². The van der Waals surface area contributed by atoms with Gasteiger partial charge in [0.2, 0.25) is 0 Å². The first-order valence-electron chi connectivity index (χ1n) is 5.30. The minimum Gasteiger partial charge on any atom is -0.386 e. The van der Waals surface area contributed by atoms with E-state index in [2.05, 4.69) is 42.0 Å². The Bertz CT molecular complexity index is 215. The molecular weight excluding hydrogens is 174 g/mol. The summed E-state index contributed by atoms with van der Waals surface area (Å²) in [5, 5.41) is 6.54. The molecule has 0 atom stereocenters. The van der Waals surface area contributed by atoms with Crippen molar-refractivity contribution < 1.29 is 0 Å². The Balaban J connectivity index is 2.44. The molecular formula is C11H21N3. The first-order valence-corrected chi connectivity index (χ1v) is 5.30. The summed E-state index contributed by atoms with van der Waals surface area (Å²) in [6.07, 6.45) is 2.12. The van der Waals surface area contributed by atoms with Crippen LogP contribution in [0.25, 0.3) is 0 Å². The zero-order chi connectivity index (χ0) is 10.4. The van der Waals surface area contributed by atoms with Crippen LogP contribution in [0.1, 0.15) is 13.8 Å². The van der Waals surface area contributed by atoms with Crippen molar-refractivity contribution in [3.63, 3.8) is 0 Å². The van der Waals surface area contributed by atoms with Gasteiger partial charge in [-0.2, -0.15) is 0 Å². The van der Waals surface area contributed by atoms with Gasteiger partial charge in [0.15, 0.2) is 0 Å². The zero-order valence-corrected chi connectivity index (χ0v) is 9.27. The number of hydrogen-bond donors (Lipinski definition) is 2. The fourth-order valence-electron chi connectivity index (χ4n) is 1.64. The SMILES string of the molecule is C=C(/C=C(\C)N1CCNCC1)NCC. The number of likely N-dealkylation sites (N-methyl/N-ethyl adjacent to an activating group) is 1. The van der Waals surface area contributed by atoms with E-state index in [4.69, 9.17) is 0 Å². The fourth-order valence-corrected chi connectivity index (χ4v) is 1.64. The molecule has 0 amide bonds. The molecule has 1 heterocycles. The van der Waals surface area contributed by atoms with Gasteiger partial charge in [-0.3, -0.25) is 0 Å². The molecule has 3 heteroatoms. The van der Waals surface area contributed by atoms with E-state index >= 15 is 0 Å². The number of nitrogens with one attached hydrogen (secondary N) is 2. The second-order valence-corrected chi connectivity index (χ2v) is 3.58. The molecule has 0 aliphatic carbocycles. The molecule has 0 bridgehead atoms. The van der Waals surface area contributed by atoms with Crippen molar-refractivity contribution in [2.45, 2.75) is 13.8 Å². The van der Waals surface area contributed by atoms with Gasteiger partial charge < -0.3 is 15.5 Å². The van der Waals surface area contributed by atoms with Crippen molar-refractivity contribution in [2.75, 3.05) is 32.7 Å². The summed E-state index contributed by atoms with van der Waals surface area (Å²) in [6, 6.07) is 0. The monoisotopic (exact) mass is 195 g/mol. The van der Waals surface area contributed by atoms with Crippen LogP contribution in [0.5, 0.6) is 0 Å². The number of nitrogens with zero attached hydrogens (tertiary/aromatic N) is 1. The van der Waals surface area contributed by atoms with E-state index in [0.717, 1.165) is 38.4 Å². The molecule has 1 rings (SSSR count). The highest BCUT2D eigenvalue weighted by Gasteiger charge is 2.08. The van der Waals surface area contributed by atoms with E-state index in [1.165, 1.54) is 5.70 Å². The Labute approximate surface area is 86.9 Å². The lowest BCUT2D eigenvalue weighted by Crippen LogP contribution is -2.42. The van der Waals surface area contributed by atoms with Gasteiger partial charge in [0.25, 0.3) is 0 Å². The summed E-state index contributed by atoms with van der Waals surface area (Å²) < 4.78 is 0. The van der Waals surface area contributed by atoms with Crippen LogP contribution in [-0.2, 0) is 0 Å². The molecule has 2 N–H and O–H groups in total. The van der Waals surface area contributed by atoms with Gasteiger partial charge >= 0.3 is 0 Å². The molecule has 1 fully saturated rings. The first-order chi connectivity index (χ1) is 6.74. The van der Waals surface area contributed by atoms with Crippen molar-refractivity contribution >= 4 is 0 Å². The van der Waals surface area contributed by atoms with E-state index in [-0.39, 0.29) is 0 Å². The van der Waals surface area contributed by atoms with E-state index in [9.17, 15) is 0 Å². The van der Waals surface area contributed by atoms with E-state index in [1.54, 1.807) is 0 Å². The third-order valence-corrected chi connectivity index (χ3v) is 2.40. The van der Waals surface area contributed by atoms with E-state index < -0.39 is 0 Å². The Morgan fingerprint density at radius 2 is 2.14 bits per heavy atom. The molecule has 0 spiro atoms. The van der Waals surface area contributed by atoms with Crippen molar-refractivity contribution in [1.82, 2.24) is 15.5 Å². The predicted octanol–water partition coefficient (Wildman–Crippen LogP) is 0.919. The van der Waals surface area contributed by atoms with Crippen LogP contribution in [0.2, 0.25) is 0 Å². The summed E-state index contributed by atoms with van der Waals surface area (Å²) in [5.74, 6) is 0. The number of piperazine rings is 1. The van der Waals surface area contributed by atoms with Gasteiger partial charge in [0.05, 0.1) is 0 Å². The molecule has 80 valence electrons. The van der Waals surface area contributed by atoms with Crippen LogP contribution in [0, 0.1) is 0 Å². The second kappa shape index (κ2) is 5.70. The number of allylic oxidation sites excluding steroid dienone is 2. The number of rotatable bonds is 4. The minimum absolute atomic E-state index is 0.935.